The number of benzene rings is 8. The second-order valence-electron chi connectivity index (χ2n) is 11.6. The van der Waals surface area contributed by atoms with Gasteiger partial charge in [-0.05, 0) is 94.7 Å². The Kier molecular flexibility index (Phi) is 7.66. The smallest absolute Gasteiger partial charge is 0.0540 e. The molecule has 47 heavy (non-hydrogen) atoms. The Morgan fingerprint density at radius 1 is 0.298 bits per heavy atom. The van der Waals surface area contributed by atoms with E-state index in [-0.39, 0.29) is 0 Å². The van der Waals surface area contributed by atoms with Gasteiger partial charge in [-0.15, -0.1) is 12.6 Å². The minimum atomic E-state index is 0.941. The van der Waals surface area contributed by atoms with Crippen LogP contribution in [0.3, 0.4) is 0 Å². The lowest BCUT2D eigenvalue weighted by molar-refractivity contribution is 1.28. The van der Waals surface area contributed by atoms with Crippen LogP contribution in [0.2, 0.25) is 0 Å². The highest BCUT2D eigenvalue weighted by Gasteiger charge is 2.17. The summed E-state index contributed by atoms with van der Waals surface area (Å²) in [4.78, 5) is 5.61. The van der Waals surface area contributed by atoms with Gasteiger partial charge in [0.2, 0.25) is 0 Å². The molecule has 0 N–H and O–H groups in total. The Morgan fingerprint density at radius 3 is 1.13 bits per heavy atom. The van der Waals surface area contributed by atoms with E-state index >= 15 is 0 Å². The minimum absolute atomic E-state index is 0.941. The topological polar surface area (TPSA) is 6.48 Å². The molecule has 0 fully saturated rings. The molecule has 0 radical (unpaired) electrons. The summed E-state index contributed by atoms with van der Waals surface area (Å²) in [6.07, 6.45) is 0. The van der Waals surface area contributed by atoms with Gasteiger partial charge in [0.15, 0.2) is 0 Å². The summed E-state index contributed by atoms with van der Waals surface area (Å²) < 4.78 is 0. The molecular weight excluding hydrogens is 589 g/mol. The zero-order valence-corrected chi connectivity index (χ0v) is 26.6. The van der Waals surface area contributed by atoms with Crippen molar-refractivity contribution < 1.29 is 0 Å². The molecule has 8 rings (SSSR count). The molecule has 0 bridgehead atoms. The summed E-state index contributed by atoms with van der Waals surface area (Å²) in [6, 6.07) is 66.8. The first kappa shape index (κ1) is 28.7. The van der Waals surface area contributed by atoms with Gasteiger partial charge in [0.05, 0.1) is 11.4 Å². The largest absolute Gasteiger partial charge is 0.310 e. The van der Waals surface area contributed by atoms with E-state index in [2.05, 4.69) is 198 Å². The molecule has 0 aliphatic heterocycles. The zero-order valence-electron chi connectivity index (χ0n) is 25.7. The maximum atomic E-state index is 4.54. The second-order valence-corrected chi connectivity index (χ2v) is 12.1. The normalized spacial score (nSPS) is 11.1. The highest BCUT2D eigenvalue weighted by Crippen LogP contribution is 2.41. The van der Waals surface area contributed by atoms with E-state index in [1.54, 1.807) is 0 Å². The van der Waals surface area contributed by atoms with Crippen molar-refractivity contribution >= 4 is 68.3 Å². The van der Waals surface area contributed by atoms with E-state index < -0.39 is 0 Å². The van der Waals surface area contributed by atoms with Crippen molar-refractivity contribution in [2.24, 2.45) is 0 Å². The monoisotopic (exact) mass is 620 g/mol. The summed E-state index contributed by atoms with van der Waals surface area (Å²) in [5.41, 5.74) is 9.06. The minimum Gasteiger partial charge on any atom is -0.310 e. The summed E-state index contributed by atoms with van der Waals surface area (Å²) in [7, 11) is 0. The van der Waals surface area contributed by atoms with Gasteiger partial charge in [-0.2, -0.15) is 0 Å². The van der Waals surface area contributed by atoms with E-state index in [0.717, 1.165) is 39.0 Å². The van der Waals surface area contributed by atoms with Crippen molar-refractivity contribution in [2.45, 2.75) is 4.90 Å². The molecule has 0 atom stereocenters. The second kappa shape index (κ2) is 12.6. The van der Waals surface area contributed by atoms with Gasteiger partial charge in [-0.3, -0.25) is 0 Å². The Balaban J connectivity index is 1.16. The standard InChI is InChI=1S/C44H32N2S/c47-40-30-28-39(29-31-40)46(44-19-9-13-35-11-5-7-17-42(35)44)38-26-22-33(23-27-38)32-20-24-37(25-21-32)45(36-14-2-1-3-15-36)43-18-8-12-34-10-4-6-16-41(34)43/h1-31,47H. The first-order chi connectivity index (χ1) is 23.2. The molecule has 224 valence electrons. The Labute approximate surface area is 281 Å². The third-order valence-corrected chi connectivity index (χ3v) is 9.02. The molecule has 0 heterocycles. The lowest BCUT2D eigenvalue weighted by Gasteiger charge is -2.27. The van der Waals surface area contributed by atoms with Crippen LogP contribution in [0.1, 0.15) is 0 Å². The van der Waals surface area contributed by atoms with Gasteiger partial charge in [-0.25, -0.2) is 0 Å². The maximum absolute atomic E-state index is 4.54. The van der Waals surface area contributed by atoms with Crippen molar-refractivity contribution in [2.75, 3.05) is 9.80 Å². The zero-order chi connectivity index (χ0) is 31.6. The van der Waals surface area contributed by atoms with E-state index in [9.17, 15) is 0 Å². The van der Waals surface area contributed by atoms with Gasteiger partial charge in [0, 0.05) is 38.4 Å². The van der Waals surface area contributed by atoms with Gasteiger partial charge in [0.1, 0.15) is 0 Å². The summed E-state index contributed by atoms with van der Waals surface area (Å²) in [6.45, 7) is 0. The number of anilines is 6. The fourth-order valence-electron chi connectivity index (χ4n) is 6.45. The number of hydrogen-bond donors (Lipinski definition) is 1. The van der Waals surface area contributed by atoms with Crippen LogP contribution in [0.5, 0.6) is 0 Å². The molecule has 0 aliphatic carbocycles. The molecule has 0 saturated carbocycles. The quantitative estimate of drug-likeness (QED) is 0.177. The molecule has 0 aromatic heterocycles. The van der Waals surface area contributed by atoms with Crippen LogP contribution in [0.4, 0.5) is 34.1 Å². The van der Waals surface area contributed by atoms with Crippen LogP contribution in [0.25, 0.3) is 32.7 Å². The molecular formula is C44H32N2S. The van der Waals surface area contributed by atoms with Crippen molar-refractivity contribution in [3.8, 4) is 11.1 Å². The van der Waals surface area contributed by atoms with Gasteiger partial charge in [-0.1, -0.05) is 115 Å². The Bertz CT molecular complexity index is 2280. The maximum Gasteiger partial charge on any atom is 0.0540 e. The van der Waals surface area contributed by atoms with Crippen LogP contribution in [0.15, 0.2) is 193 Å². The van der Waals surface area contributed by atoms with Gasteiger partial charge >= 0.3 is 0 Å². The fourth-order valence-corrected chi connectivity index (χ4v) is 6.59. The summed E-state index contributed by atoms with van der Waals surface area (Å²) in [5.74, 6) is 0. The average molecular weight is 621 g/mol. The number of thiol groups is 1. The SMILES string of the molecule is Sc1ccc(N(c2ccc(-c3ccc(N(c4ccccc4)c4cccc5ccccc45)cc3)cc2)c2cccc3ccccc23)cc1. The predicted molar refractivity (Wildman–Crippen MR) is 204 cm³/mol. The van der Waals surface area contributed by atoms with Crippen molar-refractivity contribution in [3.05, 3.63) is 188 Å². The predicted octanol–water partition coefficient (Wildman–Crippen LogP) is 12.9. The van der Waals surface area contributed by atoms with Crippen molar-refractivity contribution in [3.63, 3.8) is 0 Å². The van der Waals surface area contributed by atoms with Crippen LogP contribution in [-0.2, 0) is 0 Å². The Morgan fingerprint density at radius 2 is 0.660 bits per heavy atom. The van der Waals surface area contributed by atoms with E-state index in [0.29, 0.717) is 0 Å². The van der Waals surface area contributed by atoms with Crippen LogP contribution < -0.4 is 9.80 Å². The fraction of sp³-hybridized carbons (Fsp3) is 0. The lowest BCUT2D eigenvalue weighted by atomic mass is 10.0. The summed E-state index contributed by atoms with van der Waals surface area (Å²) >= 11 is 4.54. The molecule has 3 heteroatoms. The molecule has 0 saturated heterocycles. The highest BCUT2D eigenvalue weighted by molar-refractivity contribution is 7.80. The average Bonchev–Trinajstić information content (AvgIpc) is 3.14. The number of hydrogen-bond acceptors (Lipinski definition) is 3. The van der Waals surface area contributed by atoms with Gasteiger partial charge in [0.25, 0.3) is 0 Å². The number of fused-ring (bicyclic) bond motifs is 2. The van der Waals surface area contributed by atoms with Crippen molar-refractivity contribution in [1.82, 2.24) is 0 Å². The van der Waals surface area contributed by atoms with E-state index in [1.807, 2.05) is 12.1 Å². The van der Waals surface area contributed by atoms with E-state index in [1.165, 1.54) is 32.7 Å². The molecule has 0 unspecified atom stereocenters. The van der Waals surface area contributed by atoms with Crippen molar-refractivity contribution in [1.29, 1.82) is 0 Å². The Hall–Kier alpha value is -5.77. The molecule has 8 aromatic carbocycles. The molecule has 0 amide bonds. The molecule has 0 aliphatic rings. The van der Waals surface area contributed by atoms with Crippen LogP contribution in [-0.4, -0.2) is 0 Å². The molecule has 2 nitrogen and oxygen atoms in total. The highest BCUT2D eigenvalue weighted by atomic mass is 32.1. The number of nitrogens with zero attached hydrogens (tertiary/aromatic N) is 2. The third kappa shape index (κ3) is 5.63. The van der Waals surface area contributed by atoms with Crippen LogP contribution in [0, 0.1) is 0 Å². The molecule has 0 spiro atoms. The summed E-state index contributed by atoms with van der Waals surface area (Å²) in [5, 5.41) is 4.87. The van der Waals surface area contributed by atoms with E-state index in [4.69, 9.17) is 0 Å². The number of para-hydroxylation sites is 1. The lowest BCUT2D eigenvalue weighted by Crippen LogP contribution is -2.10. The molecule has 8 aromatic rings. The number of rotatable bonds is 7. The first-order valence-electron chi connectivity index (χ1n) is 15.8. The first-order valence-corrected chi connectivity index (χ1v) is 16.3. The van der Waals surface area contributed by atoms with Gasteiger partial charge < -0.3 is 9.80 Å². The third-order valence-electron chi connectivity index (χ3n) is 8.72. The van der Waals surface area contributed by atoms with Crippen LogP contribution >= 0.6 is 12.6 Å².